The minimum absolute atomic E-state index is 0.0718. The summed E-state index contributed by atoms with van der Waals surface area (Å²) in [6, 6.07) is 17.4. The molecule has 3 aromatic rings. The van der Waals surface area contributed by atoms with Crippen LogP contribution in [-0.2, 0) is 16.1 Å². The van der Waals surface area contributed by atoms with E-state index < -0.39 is 43.4 Å². The topological polar surface area (TPSA) is 63.2 Å². The van der Waals surface area contributed by atoms with Gasteiger partial charge in [-0.05, 0) is 43.7 Å². The number of hydrogen-bond acceptors (Lipinski definition) is 5. The molecule has 0 spiro atoms. The summed E-state index contributed by atoms with van der Waals surface area (Å²) in [5.74, 6) is 0. The number of pyridine rings is 1. The van der Waals surface area contributed by atoms with Crippen LogP contribution < -0.4 is 10.6 Å². The van der Waals surface area contributed by atoms with Gasteiger partial charge in [0.25, 0.3) is 6.43 Å². The highest BCUT2D eigenvalue weighted by molar-refractivity contribution is 5.63. The van der Waals surface area contributed by atoms with E-state index in [1.807, 2.05) is 44.2 Å². The summed E-state index contributed by atoms with van der Waals surface area (Å²) < 4.78 is 81.0. The lowest BCUT2D eigenvalue weighted by molar-refractivity contribution is -0.159. The lowest BCUT2D eigenvalue weighted by Gasteiger charge is -2.30. The number of benzene rings is 2. The number of ether oxygens (including phenoxy) is 1. The minimum atomic E-state index is -4.49. The Hall–Kier alpha value is -3.28. The molecule has 3 rings (SSSR count). The van der Waals surface area contributed by atoms with Crippen molar-refractivity contribution in [2.75, 3.05) is 13.7 Å². The standard InChI is InChI=1S/C27H31F4N3O.C2H2F2O/c1-26(2,32-3)35-24(15-16-28)21-11-9-20(10-12-21)22-13-14-23(33-18-22)25(27(29,30)31)34-17-19-7-5-4-6-8-19;3-2(4)1-5/h4-14,18,24-25,32,34H,15-17H2,1-3H3;1-2H. The third kappa shape index (κ3) is 10.7. The van der Waals surface area contributed by atoms with Crippen LogP contribution in [0.15, 0.2) is 72.9 Å². The first kappa shape index (κ1) is 32.9. The normalized spacial score (nSPS) is 13.3. The van der Waals surface area contributed by atoms with Crippen LogP contribution in [0.1, 0.15) is 49.2 Å². The number of carbonyl (C=O) groups is 1. The van der Waals surface area contributed by atoms with Crippen LogP contribution in [0.5, 0.6) is 0 Å². The Morgan fingerprint density at radius 2 is 1.55 bits per heavy atom. The largest absolute Gasteiger partial charge is 0.409 e. The highest BCUT2D eigenvalue weighted by Crippen LogP contribution is 2.33. The van der Waals surface area contributed by atoms with Crippen molar-refractivity contribution in [2.24, 2.45) is 0 Å². The number of aldehydes is 1. The van der Waals surface area contributed by atoms with Crippen molar-refractivity contribution in [1.82, 2.24) is 15.6 Å². The van der Waals surface area contributed by atoms with Gasteiger partial charge in [0.1, 0.15) is 11.8 Å². The summed E-state index contributed by atoms with van der Waals surface area (Å²) >= 11 is 0. The van der Waals surface area contributed by atoms with E-state index in [1.54, 1.807) is 37.4 Å². The first-order chi connectivity index (χ1) is 18.9. The first-order valence-corrected chi connectivity index (χ1v) is 12.5. The molecular formula is C29H33F6N3O2. The number of nitrogens with zero attached hydrogens (tertiary/aromatic N) is 1. The molecule has 5 nitrogen and oxygen atoms in total. The van der Waals surface area contributed by atoms with Crippen LogP contribution >= 0.6 is 0 Å². The average Bonchev–Trinajstić information content (AvgIpc) is 2.93. The number of aromatic nitrogens is 1. The number of alkyl halides is 6. The smallest absolute Gasteiger partial charge is 0.353 e. The highest BCUT2D eigenvalue weighted by Gasteiger charge is 2.41. The molecule has 2 unspecified atom stereocenters. The number of hydrogen-bond donors (Lipinski definition) is 2. The summed E-state index contributed by atoms with van der Waals surface area (Å²) in [5, 5.41) is 5.61. The molecule has 1 heterocycles. The van der Waals surface area contributed by atoms with Gasteiger partial charge in [0.2, 0.25) is 0 Å². The van der Waals surface area contributed by atoms with Gasteiger partial charge in [0.15, 0.2) is 6.29 Å². The van der Waals surface area contributed by atoms with Gasteiger partial charge in [-0.25, -0.2) is 8.78 Å². The molecule has 0 aliphatic carbocycles. The molecule has 0 saturated carbocycles. The molecule has 0 aliphatic rings. The highest BCUT2D eigenvalue weighted by atomic mass is 19.4. The molecule has 0 radical (unpaired) electrons. The molecule has 40 heavy (non-hydrogen) atoms. The van der Waals surface area contributed by atoms with E-state index in [-0.39, 0.29) is 18.7 Å². The maximum absolute atomic E-state index is 13.7. The van der Waals surface area contributed by atoms with Gasteiger partial charge >= 0.3 is 6.18 Å². The van der Waals surface area contributed by atoms with E-state index in [9.17, 15) is 26.3 Å². The van der Waals surface area contributed by atoms with Crippen LogP contribution in [0.4, 0.5) is 26.3 Å². The van der Waals surface area contributed by atoms with Crippen molar-refractivity contribution in [1.29, 1.82) is 0 Å². The summed E-state index contributed by atoms with van der Waals surface area (Å²) in [6.07, 6.45) is -6.48. The van der Waals surface area contributed by atoms with Gasteiger partial charge in [0, 0.05) is 24.7 Å². The third-order valence-corrected chi connectivity index (χ3v) is 5.89. The van der Waals surface area contributed by atoms with E-state index >= 15 is 0 Å². The number of rotatable bonds is 12. The van der Waals surface area contributed by atoms with E-state index in [0.29, 0.717) is 5.56 Å². The monoisotopic (exact) mass is 569 g/mol. The Morgan fingerprint density at radius 3 is 2.02 bits per heavy atom. The minimum Gasteiger partial charge on any atom is -0.353 e. The second kappa shape index (κ2) is 15.5. The molecule has 0 aliphatic heterocycles. The second-order valence-electron chi connectivity index (χ2n) is 9.25. The van der Waals surface area contributed by atoms with Crippen LogP contribution in [0, 0.1) is 0 Å². The van der Waals surface area contributed by atoms with Crippen molar-refractivity contribution in [3.63, 3.8) is 0 Å². The number of carbonyl (C=O) groups excluding carboxylic acids is 1. The number of halogens is 6. The van der Waals surface area contributed by atoms with Crippen molar-refractivity contribution < 1.29 is 35.9 Å². The van der Waals surface area contributed by atoms with Crippen molar-refractivity contribution in [3.05, 3.63) is 89.7 Å². The van der Waals surface area contributed by atoms with E-state index in [1.165, 1.54) is 12.3 Å². The number of nitrogens with one attached hydrogen (secondary N) is 2. The Balaban J connectivity index is 0.00000103. The van der Waals surface area contributed by atoms with Gasteiger partial charge in [0.05, 0.1) is 18.5 Å². The Morgan fingerprint density at radius 1 is 0.950 bits per heavy atom. The van der Waals surface area contributed by atoms with E-state index in [4.69, 9.17) is 9.53 Å². The van der Waals surface area contributed by atoms with Crippen molar-refractivity contribution in [2.45, 2.75) is 57.3 Å². The van der Waals surface area contributed by atoms with Crippen LogP contribution in [0.25, 0.3) is 11.1 Å². The second-order valence-corrected chi connectivity index (χ2v) is 9.25. The van der Waals surface area contributed by atoms with Crippen LogP contribution in [0.3, 0.4) is 0 Å². The molecule has 0 bridgehead atoms. The van der Waals surface area contributed by atoms with Gasteiger partial charge < -0.3 is 4.74 Å². The molecule has 1 aromatic heterocycles. The van der Waals surface area contributed by atoms with Crippen LogP contribution in [-0.4, -0.2) is 43.3 Å². The summed E-state index contributed by atoms with van der Waals surface area (Å²) in [4.78, 5) is 12.9. The Labute approximate surface area is 230 Å². The molecular weight excluding hydrogens is 536 g/mol. The fourth-order valence-electron chi connectivity index (χ4n) is 3.65. The quantitative estimate of drug-likeness (QED) is 0.140. The molecule has 2 N–H and O–H groups in total. The Bertz CT molecular complexity index is 1140. The summed E-state index contributed by atoms with van der Waals surface area (Å²) in [6.45, 7) is 3.28. The predicted octanol–water partition coefficient (Wildman–Crippen LogP) is 6.97. The van der Waals surface area contributed by atoms with Crippen LogP contribution in [0.2, 0.25) is 0 Å². The first-order valence-electron chi connectivity index (χ1n) is 12.5. The fraction of sp³-hybridized carbons (Fsp3) is 0.379. The van der Waals surface area contributed by atoms with Gasteiger partial charge in [-0.15, -0.1) is 0 Å². The lowest BCUT2D eigenvalue weighted by Crippen LogP contribution is -2.40. The average molecular weight is 570 g/mol. The summed E-state index contributed by atoms with van der Waals surface area (Å²) in [7, 11) is 1.77. The summed E-state index contributed by atoms with van der Waals surface area (Å²) in [5.41, 5.74) is 2.33. The SMILES string of the molecule is CNC(C)(C)OC(CCF)c1ccc(-c2ccc(C(NCc3ccccc3)C(F)(F)F)nc2)cc1.O=CC(F)F. The maximum atomic E-state index is 13.7. The zero-order valence-corrected chi connectivity index (χ0v) is 22.4. The van der Waals surface area contributed by atoms with Crippen molar-refractivity contribution in [3.8, 4) is 11.1 Å². The molecule has 218 valence electrons. The lowest BCUT2D eigenvalue weighted by atomic mass is 10.0. The zero-order chi connectivity index (χ0) is 29.8. The maximum Gasteiger partial charge on any atom is 0.409 e. The molecule has 11 heteroatoms. The molecule has 2 aromatic carbocycles. The van der Waals surface area contributed by atoms with E-state index in [2.05, 4.69) is 15.6 Å². The molecule has 0 fully saturated rings. The van der Waals surface area contributed by atoms with Gasteiger partial charge in [-0.1, -0.05) is 60.7 Å². The van der Waals surface area contributed by atoms with Crippen molar-refractivity contribution >= 4 is 6.29 Å². The molecule has 0 amide bonds. The predicted molar refractivity (Wildman–Crippen MR) is 141 cm³/mol. The van der Waals surface area contributed by atoms with E-state index in [0.717, 1.165) is 16.7 Å². The third-order valence-electron chi connectivity index (χ3n) is 5.89. The Kier molecular flexibility index (Phi) is 12.8. The van der Waals surface area contributed by atoms with Gasteiger partial charge in [-0.2, -0.15) is 13.2 Å². The fourth-order valence-corrected chi connectivity index (χ4v) is 3.65. The molecule has 0 saturated heterocycles. The zero-order valence-electron chi connectivity index (χ0n) is 22.4. The van der Waals surface area contributed by atoms with Gasteiger partial charge in [-0.3, -0.25) is 24.8 Å². The molecule has 2 atom stereocenters.